The van der Waals surface area contributed by atoms with Crippen molar-refractivity contribution >= 4 is 0 Å². The third kappa shape index (κ3) is 3.04. The third-order valence-electron chi connectivity index (χ3n) is 3.37. The molecule has 3 nitrogen and oxygen atoms in total. The quantitative estimate of drug-likeness (QED) is 0.892. The van der Waals surface area contributed by atoms with Gasteiger partial charge in [-0.2, -0.15) is 5.10 Å². The van der Waals surface area contributed by atoms with Crippen LogP contribution in [-0.4, -0.2) is 16.8 Å². The number of rotatable bonds is 5. The minimum Gasteiger partial charge on any atom is -0.316 e. The van der Waals surface area contributed by atoms with Crippen LogP contribution in [-0.2, 0) is 20.0 Å². The van der Waals surface area contributed by atoms with E-state index in [0.29, 0.717) is 0 Å². The van der Waals surface area contributed by atoms with Gasteiger partial charge in [-0.3, -0.25) is 4.68 Å². The largest absolute Gasteiger partial charge is 0.316 e. The molecule has 0 saturated carbocycles. The van der Waals surface area contributed by atoms with Gasteiger partial charge in [0, 0.05) is 25.4 Å². The molecule has 0 aliphatic heterocycles. The van der Waals surface area contributed by atoms with Crippen LogP contribution in [0.1, 0.15) is 30.2 Å². The molecule has 0 atom stereocenters. The number of aromatic nitrogens is 2. The molecular weight excluding hydrogens is 234 g/mol. The minimum absolute atomic E-state index is 0.899. The summed E-state index contributed by atoms with van der Waals surface area (Å²) in [6.07, 6.45) is 4.29. The number of hydrogen-bond donors (Lipinski definition) is 1. The van der Waals surface area contributed by atoms with Crippen LogP contribution >= 0.6 is 0 Å². The second kappa shape index (κ2) is 6.02. The van der Waals surface area contributed by atoms with Crippen LogP contribution in [0.15, 0.2) is 24.4 Å². The maximum absolute atomic E-state index is 4.59. The van der Waals surface area contributed by atoms with Crippen LogP contribution in [0.25, 0.3) is 11.1 Å². The Morgan fingerprint density at radius 1 is 1.26 bits per heavy atom. The van der Waals surface area contributed by atoms with Crippen molar-refractivity contribution in [1.82, 2.24) is 15.1 Å². The molecule has 1 N–H and O–H groups in total. The van der Waals surface area contributed by atoms with Crippen LogP contribution in [0.3, 0.4) is 0 Å². The number of nitrogens with one attached hydrogen (secondary N) is 1. The van der Waals surface area contributed by atoms with Crippen LogP contribution in [0.4, 0.5) is 0 Å². The Bertz CT molecular complexity index is 555. The van der Waals surface area contributed by atoms with E-state index in [1.54, 1.807) is 0 Å². The molecule has 2 aromatic rings. The summed E-state index contributed by atoms with van der Waals surface area (Å²) in [5, 5.41) is 7.80. The highest BCUT2D eigenvalue weighted by molar-refractivity contribution is 5.69. The predicted octanol–water partition coefficient (Wildman–Crippen LogP) is 3.07. The molecule has 3 heteroatoms. The van der Waals surface area contributed by atoms with E-state index < -0.39 is 0 Å². The first-order chi connectivity index (χ1) is 9.15. The molecule has 2 rings (SSSR count). The van der Waals surface area contributed by atoms with E-state index in [9.17, 15) is 0 Å². The van der Waals surface area contributed by atoms with Gasteiger partial charge in [-0.1, -0.05) is 25.5 Å². The summed E-state index contributed by atoms with van der Waals surface area (Å²) in [5.41, 5.74) is 6.42. The van der Waals surface area contributed by atoms with Crippen molar-refractivity contribution in [3.8, 4) is 11.1 Å². The Labute approximate surface area is 115 Å². The van der Waals surface area contributed by atoms with Crippen LogP contribution < -0.4 is 5.32 Å². The summed E-state index contributed by atoms with van der Waals surface area (Å²) in [4.78, 5) is 0. The summed E-state index contributed by atoms with van der Waals surface area (Å²) in [7, 11) is 3.97. The average molecular weight is 257 g/mol. The summed E-state index contributed by atoms with van der Waals surface area (Å²) >= 11 is 0. The lowest BCUT2D eigenvalue weighted by atomic mass is 9.97. The zero-order chi connectivity index (χ0) is 13.8. The molecular formula is C16H23N3. The topological polar surface area (TPSA) is 29.9 Å². The average Bonchev–Trinajstić information content (AvgIpc) is 2.73. The van der Waals surface area contributed by atoms with E-state index in [4.69, 9.17) is 0 Å². The molecule has 0 unspecified atom stereocenters. The van der Waals surface area contributed by atoms with Gasteiger partial charge in [0.05, 0.1) is 5.69 Å². The highest BCUT2D eigenvalue weighted by Crippen LogP contribution is 2.28. The molecule has 0 saturated heterocycles. The third-order valence-corrected chi connectivity index (χ3v) is 3.37. The summed E-state index contributed by atoms with van der Waals surface area (Å²) in [6, 6.07) is 6.66. The fraction of sp³-hybridized carbons (Fsp3) is 0.438. The van der Waals surface area contributed by atoms with Gasteiger partial charge in [0.15, 0.2) is 0 Å². The molecule has 0 radical (unpaired) electrons. The van der Waals surface area contributed by atoms with E-state index in [1.165, 1.54) is 27.9 Å². The van der Waals surface area contributed by atoms with Crippen molar-refractivity contribution in [2.75, 3.05) is 7.05 Å². The van der Waals surface area contributed by atoms with Gasteiger partial charge in [0.2, 0.25) is 0 Å². The monoisotopic (exact) mass is 257 g/mol. The molecule has 102 valence electrons. The zero-order valence-corrected chi connectivity index (χ0v) is 12.3. The highest BCUT2D eigenvalue weighted by Gasteiger charge is 2.11. The van der Waals surface area contributed by atoms with Gasteiger partial charge >= 0.3 is 0 Å². The Kier molecular flexibility index (Phi) is 4.38. The van der Waals surface area contributed by atoms with E-state index in [2.05, 4.69) is 48.7 Å². The van der Waals surface area contributed by atoms with Gasteiger partial charge < -0.3 is 5.32 Å². The van der Waals surface area contributed by atoms with Crippen molar-refractivity contribution in [1.29, 1.82) is 0 Å². The summed E-state index contributed by atoms with van der Waals surface area (Å²) < 4.78 is 1.92. The molecule has 0 spiro atoms. The van der Waals surface area contributed by atoms with Gasteiger partial charge in [0.1, 0.15) is 0 Å². The standard InChI is InChI=1S/C16H23N3/c1-5-6-16-15(11-19(4)18-16)14-9-13(10-17-3)8-7-12(14)2/h7-9,11,17H,5-6,10H2,1-4H3. The number of hydrogen-bond acceptors (Lipinski definition) is 2. The molecule has 0 fully saturated rings. The van der Waals surface area contributed by atoms with E-state index >= 15 is 0 Å². The van der Waals surface area contributed by atoms with E-state index in [1.807, 2.05) is 18.8 Å². The van der Waals surface area contributed by atoms with Crippen molar-refractivity contribution in [3.05, 3.63) is 41.2 Å². The molecule has 1 aromatic heterocycles. The Hall–Kier alpha value is -1.61. The van der Waals surface area contributed by atoms with Crippen LogP contribution in [0, 0.1) is 6.92 Å². The first-order valence-electron chi connectivity index (χ1n) is 6.92. The zero-order valence-electron chi connectivity index (χ0n) is 12.3. The van der Waals surface area contributed by atoms with Crippen molar-refractivity contribution in [2.24, 2.45) is 7.05 Å². The normalized spacial score (nSPS) is 10.9. The van der Waals surface area contributed by atoms with Crippen molar-refractivity contribution < 1.29 is 0 Å². The Balaban J connectivity index is 2.47. The molecule has 0 aliphatic rings. The molecule has 0 amide bonds. The highest BCUT2D eigenvalue weighted by atomic mass is 15.2. The van der Waals surface area contributed by atoms with Crippen molar-refractivity contribution in [3.63, 3.8) is 0 Å². The molecule has 0 aliphatic carbocycles. The fourth-order valence-corrected chi connectivity index (χ4v) is 2.45. The maximum Gasteiger partial charge on any atom is 0.0702 e. The van der Waals surface area contributed by atoms with Crippen LogP contribution in [0.2, 0.25) is 0 Å². The molecule has 1 heterocycles. The van der Waals surface area contributed by atoms with Crippen LogP contribution in [0.5, 0.6) is 0 Å². The maximum atomic E-state index is 4.59. The molecule has 0 bridgehead atoms. The lowest BCUT2D eigenvalue weighted by Gasteiger charge is -2.09. The smallest absolute Gasteiger partial charge is 0.0702 e. The number of aryl methyl sites for hydroxylation is 3. The molecule has 19 heavy (non-hydrogen) atoms. The van der Waals surface area contributed by atoms with E-state index in [-0.39, 0.29) is 0 Å². The lowest BCUT2D eigenvalue weighted by molar-refractivity contribution is 0.733. The number of nitrogens with zero attached hydrogens (tertiary/aromatic N) is 2. The van der Waals surface area contributed by atoms with Gasteiger partial charge in [-0.15, -0.1) is 0 Å². The Morgan fingerprint density at radius 2 is 2.05 bits per heavy atom. The Morgan fingerprint density at radius 3 is 2.74 bits per heavy atom. The minimum atomic E-state index is 0.899. The van der Waals surface area contributed by atoms with E-state index in [0.717, 1.165) is 19.4 Å². The van der Waals surface area contributed by atoms with Gasteiger partial charge in [-0.25, -0.2) is 0 Å². The summed E-state index contributed by atoms with van der Waals surface area (Å²) in [5.74, 6) is 0. The first-order valence-corrected chi connectivity index (χ1v) is 6.92. The predicted molar refractivity (Wildman–Crippen MR) is 80.1 cm³/mol. The van der Waals surface area contributed by atoms with Crippen molar-refractivity contribution in [2.45, 2.75) is 33.2 Å². The fourth-order valence-electron chi connectivity index (χ4n) is 2.45. The SMILES string of the molecule is CCCc1nn(C)cc1-c1cc(CNC)ccc1C. The second-order valence-corrected chi connectivity index (χ2v) is 5.09. The summed E-state index contributed by atoms with van der Waals surface area (Å²) in [6.45, 7) is 5.26. The second-order valence-electron chi connectivity index (χ2n) is 5.09. The van der Waals surface area contributed by atoms with Gasteiger partial charge in [-0.05, 0) is 43.1 Å². The first kappa shape index (κ1) is 13.8. The van der Waals surface area contributed by atoms with Gasteiger partial charge in [0.25, 0.3) is 0 Å². The molecule has 1 aromatic carbocycles. The lowest BCUT2D eigenvalue weighted by Crippen LogP contribution is -2.05. The number of benzene rings is 1.